The van der Waals surface area contributed by atoms with Crippen LogP contribution in [0.15, 0.2) is 53.6 Å². The molecule has 0 aliphatic heterocycles. The van der Waals surface area contributed by atoms with Crippen LogP contribution in [0.3, 0.4) is 0 Å². The molecule has 0 atom stereocenters. The maximum Gasteiger partial charge on any atom is 0.341 e. The summed E-state index contributed by atoms with van der Waals surface area (Å²) in [5.74, 6) is 0.120. The van der Waals surface area contributed by atoms with Crippen LogP contribution in [0, 0.1) is 0 Å². The number of carboxylic acids is 1. The number of nitrogens with one attached hydrogen (secondary N) is 1. The largest absolute Gasteiger partial charge is 0.482 e. The minimum Gasteiger partial charge on any atom is -0.482 e. The Morgan fingerprint density at radius 1 is 1.19 bits per heavy atom. The minimum absolute atomic E-state index is 0.209. The van der Waals surface area contributed by atoms with Crippen molar-refractivity contribution in [1.29, 1.82) is 0 Å². The van der Waals surface area contributed by atoms with Gasteiger partial charge >= 0.3 is 5.97 Å². The first-order valence-corrected chi connectivity index (χ1v) is 9.15. The molecule has 0 spiro atoms. The molecule has 26 heavy (non-hydrogen) atoms. The van der Waals surface area contributed by atoms with Crippen molar-refractivity contribution >= 4 is 41.5 Å². The van der Waals surface area contributed by atoms with E-state index in [-0.39, 0.29) is 11.7 Å². The fraction of sp³-hybridized carbons (Fsp3) is 0.167. The van der Waals surface area contributed by atoms with Crippen LogP contribution in [0.4, 0.5) is 0 Å². The van der Waals surface area contributed by atoms with Crippen LogP contribution in [0.5, 0.6) is 5.75 Å². The van der Waals surface area contributed by atoms with Crippen molar-refractivity contribution in [3.05, 3.63) is 64.7 Å². The predicted molar refractivity (Wildman–Crippen MR) is 103 cm³/mol. The first-order valence-electron chi connectivity index (χ1n) is 7.62. The van der Waals surface area contributed by atoms with E-state index in [1.807, 2.05) is 24.3 Å². The highest BCUT2D eigenvalue weighted by molar-refractivity contribution is 7.99. The molecule has 6 nitrogen and oxygen atoms in total. The zero-order valence-corrected chi connectivity index (χ0v) is 15.3. The van der Waals surface area contributed by atoms with Crippen LogP contribution >= 0.6 is 23.4 Å². The van der Waals surface area contributed by atoms with Crippen molar-refractivity contribution in [3.8, 4) is 5.75 Å². The fourth-order valence-corrected chi connectivity index (χ4v) is 2.98. The molecule has 0 saturated heterocycles. The summed E-state index contributed by atoms with van der Waals surface area (Å²) in [4.78, 5) is 22.2. The lowest BCUT2D eigenvalue weighted by Crippen LogP contribution is -2.19. The lowest BCUT2D eigenvalue weighted by Gasteiger charge is -2.04. The van der Waals surface area contributed by atoms with E-state index in [1.165, 1.54) is 18.0 Å². The Hall–Kier alpha value is -2.51. The maximum absolute atomic E-state index is 11.8. The van der Waals surface area contributed by atoms with E-state index in [9.17, 15) is 9.59 Å². The Balaban J connectivity index is 1.71. The highest BCUT2D eigenvalue weighted by Crippen LogP contribution is 2.20. The molecule has 0 heterocycles. The second kappa shape index (κ2) is 10.5. The second-order valence-corrected chi connectivity index (χ2v) is 6.52. The van der Waals surface area contributed by atoms with E-state index in [0.717, 1.165) is 11.1 Å². The third-order valence-electron chi connectivity index (χ3n) is 3.09. The lowest BCUT2D eigenvalue weighted by molar-refractivity contribution is -0.139. The molecule has 136 valence electrons. The normalized spacial score (nSPS) is 10.7. The van der Waals surface area contributed by atoms with E-state index in [4.69, 9.17) is 21.4 Å². The Morgan fingerprint density at radius 3 is 2.62 bits per heavy atom. The molecule has 0 aliphatic carbocycles. The smallest absolute Gasteiger partial charge is 0.341 e. The Bertz CT molecular complexity index is 781. The molecule has 0 aliphatic rings. The number of ether oxygens (including phenoxy) is 1. The van der Waals surface area contributed by atoms with Crippen molar-refractivity contribution in [3.63, 3.8) is 0 Å². The summed E-state index contributed by atoms with van der Waals surface area (Å²) in [5, 5.41) is 13.1. The second-order valence-electron chi connectivity index (χ2n) is 5.13. The van der Waals surface area contributed by atoms with Gasteiger partial charge in [-0.05, 0) is 41.5 Å². The number of carbonyl (C=O) groups is 2. The summed E-state index contributed by atoms with van der Waals surface area (Å²) in [6, 6.07) is 14.2. The number of carboxylic acid groups (broad SMARTS) is 1. The van der Waals surface area contributed by atoms with Gasteiger partial charge in [0.05, 0.1) is 12.0 Å². The zero-order chi connectivity index (χ0) is 18.8. The minimum atomic E-state index is -1.04. The monoisotopic (exact) mass is 392 g/mol. The van der Waals surface area contributed by atoms with Crippen molar-refractivity contribution in [1.82, 2.24) is 5.43 Å². The first kappa shape index (κ1) is 19.8. The molecule has 0 fully saturated rings. The fourth-order valence-electron chi connectivity index (χ4n) is 1.88. The van der Waals surface area contributed by atoms with Gasteiger partial charge in [-0.25, -0.2) is 10.2 Å². The highest BCUT2D eigenvalue weighted by Gasteiger charge is 2.03. The number of aliphatic carboxylic acids is 1. The number of amides is 1. The summed E-state index contributed by atoms with van der Waals surface area (Å²) in [7, 11) is 0. The van der Waals surface area contributed by atoms with Crippen LogP contribution < -0.4 is 10.2 Å². The number of hydrogen-bond donors (Lipinski definition) is 2. The Labute approximate surface area is 160 Å². The topological polar surface area (TPSA) is 88.0 Å². The number of hydrazone groups is 1. The molecular formula is C18H17ClN2O4S. The van der Waals surface area contributed by atoms with Crippen LogP contribution in [0.1, 0.15) is 11.1 Å². The summed E-state index contributed by atoms with van der Waals surface area (Å²) >= 11 is 7.51. The van der Waals surface area contributed by atoms with Gasteiger partial charge in [-0.2, -0.15) is 5.10 Å². The molecule has 0 bridgehead atoms. The van der Waals surface area contributed by atoms with E-state index in [2.05, 4.69) is 10.5 Å². The number of halogens is 1. The summed E-state index contributed by atoms with van der Waals surface area (Å²) in [5.41, 5.74) is 4.19. The van der Waals surface area contributed by atoms with Gasteiger partial charge in [0.2, 0.25) is 5.91 Å². The lowest BCUT2D eigenvalue weighted by atomic mass is 10.2. The van der Waals surface area contributed by atoms with Crippen LogP contribution in [0.25, 0.3) is 0 Å². The Kier molecular flexibility index (Phi) is 7.98. The highest BCUT2D eigenvalue weighted by atomic mass is 35.5. The molecule has 1 amide bonds. The Morgan fingerprint density at radius 2 is 1.92 bits per heavy atom. The van der Waals surface area contributed by atoms with Gasteiger partial charge in [0.25, 0.3) is 0 Å². The maximum atomic E-state index is 11.8. The van der Waals surface area contributed by atoms with Gasteiger partial charge < -0.3 is 9.84 Å². The SMILES string of the molecule is O=C(O)COc1ccc(/C=N\NC(=O)CSCc2ccccc2Cl)cc1. The molecule has 0 radical (unpaired) electrons. The molecule has 0 aromatic heterocycles. The van der Waals surface area contributed by atoms with Crippen LogP contribution in [-0.4, -0.2) is 35.6 Å². The van der Waals surface area contributed by atoms with Crippen molar-refractivity contribution in [2.75, 3.05) is 12.4 Å². The molecular weight excluding hydrogens is 376 g/mol. The van der Waals surface area contributed by atoms with Crippen LogP contribution in [-0.2, 0) is 15.3 Å². The average molecular weight is 393 g/mol. The van der Waals surface area contributed by atoms with Gasteiger partial charge in [0, 0.05) is 10.8 Å². The number of rotatable bonds is 9. The van der Waals surface area contributed by atoms with Gasteiger partial charge in [-0.1, -0.05) is 29.8 Å². The number of thioether (sulfide) groups is 1. The van der Waals surface area contributed by atoms with E-state index in [1.54, 1.807) is 24.3 Å². The third kappa shape index (κ3) is 7.16. The van der Waals surface area contributed by atoms with Crippen molar-refractivity contribution < 1.29 is 19.4 Å². The van der Waals surface area contributed by atoms with E-state index in [0.29, 0.717) is 16.5 Å². The van der Waals surface area contributed by atoms with E-state index < -0.39 is 12.6 Å². The average Bonchev–Trinajstić information content (AvgIpc) is 2.62. The molecule has 0 unspecified atom stereocenters. The number of benzene rings is 2. The molecule has 0 saturated carbocycles. The quantitative estimate of drug-likeness (QED) is 0.505. The van der Waals surface area contributed by atoms with Gasteiger partial charge in [-0.15, -0.1) is 11.8 Å². The van der Waals surface area contributed by atoms with E-state index >= 15 is 0 Å². The van der Waals surface area contributed by atoms with Crippen molar-refractivity contribution in [2.45, 2.75) is 5.75 Å². The molecule has 2 aromatic rings. The van der Waals surface area contributed by atoms with Gasteiger partial charge in [0.1, 0.15) is 5.75 Å². The number of carbonyl (C=O) groups excluding carboxylic acids is 1. The standard InChI is InChI=1S/C18H17ClN2O4S/c19-16-4-2-1-3-14(16)11-26-12-17(22)21-20-9-13-5-7-15(8-6-13)25-10-18(23)24/h1-9H,10-12H2,(H,21,22)(H,23,24)/b20-9-. The summed E-state index contributed by atoms with van der Waals surface area (Å²) < 4.78 is 5.03. The van der Waals surface area contributed by atoms with Gasteiger partial charge in [0.15, 0.2) is 6.61 Å². The number of hydrogen-bond acceptors (Lipinski definition) is 5. The molecule has 2 rings (SSSR count). The van der Waals surface area contributed by atoms with Crippen LogP contribution in [0.2, 0.25) is 5.02 Å². The molecule has 2 aromatic carbocycles. The summed E-state index contributed by atoms with van der Waals surface area (Å²) in [6.45, 7) is -0.393. The van der Waals surface area contributed by atoms with Crippen molar-refractivity contribution in [2.24, 2.45) is 5.10 Å². The molecule has 2 N–H and O–H groups in total. The first-order chi connectivity index (χ1) is 12.5. The third-order valence-corrected chi connectivity index (χ3v) is 4.44. The van der Waals surface area contributed by atoms with Gasteiger partial charge in [-0.3, -0.25) is 4.79 Å². The summed E-state index contributed by atoms with van der Waals surface area (Å²) in [6.07, 6.45) is 1.50. The zero-order valence-electron chi connectivity index (χ0n) is 13.7. The number of nitrogens with zero attached hydrogens (tertiary/aromatic N) is 1. The predicted octanol–water partition coefficient (Wildman–Crippen LogP) is 3.19. The molecule has 8 heteroatoms.